The van der Waals surface area contributed by atoms with Crippen LogP contribution >= 0.6 is 0 Å². The largest absolute Gasteiger partial charge is 0.394 e. The minimum Gasteiger partial charge on any atom is -0.394 e. The number of nitrogens with zero attached hydrogens (tertiary/aromatic N) is 1. The van der Waals surface area contributed by atoms with E-state index in [1.165, 1.54) is 0 Å². The molecule has 4 N–H and O–H groups in total. The number of aromatic nitrogens is 2. The first-order valence-electron chi connectivity index (χ1n) is 5.54. The van der Waals surface area contributed by atoms with Gasteiger partial charge in [-0.25, -0.2) is 4.79 Å². The fraction of sp³-hybridized carbons (Fsp3) is 0.500. The highest BCUT2D eigenvalue weighted by Crippen LogP contribution is 2.28. The van der Waals surface area contributed by atoms with E-state index < -0.39 is 53.9 Å². The van der Waals surface area contributed by atoms with E-state index in [1.807, 2.05) is 0 Å². The van der Waals surface area contributed by atoms with Crippen molar-refractivity contribution >= 4 is 6.29 Å². The van der Waals surface area contributed by atoms with Crippen molar-refractivity contribution in [3.05, 3.63) is 32.3 Å². The SMILES string of the molecule is O=Cc1c(F)c(=O)[nH]c(=O)n1[C@H]1O[C@@H](CO)C(O)C1O. The van der Waals surface area contributed by atoms with Gasteiger partial charge in [-0.3, -0.25) is 19.1 Å². The molecule has 20 heavy (non-hydrogen) atoms. The Morgan fingerprint density at radius 2 is 2.00 bits per heavy atom. The Bertz CT molecular complexity index is 639. The van der Waals surface area contributed by atoms with Crippen molar-refractivity contribution in [3.8, 4) is 0 Å². The van der Waals surface area contributed by atoms with Crippen LogP contribution in [0.1, 0.15) is 16.7 Å². The van der Waals surface area contributed by atoms with Crippen LogP contribution in [0.5, 0.6) is 0 Å². The smallest absolute Gasteiger partial charge is 0.331 e. The van der Waals surface area contributed by atoms with Gasteiger partial charge in [0.25, 0.3) is 5.56 Å². The number of aromatic amines is 1. The van der Waals surface area contributed by atoms with Crippen molar-refractivity contribution in [1.82, 2.24) is 9.55 Å². The highest BCUT2D eigenvalue weighted by Gasteiger charge is 2.44. The molecule has 0 bridgehead atoms. The lowest BCUT2D eigenvalue weighted by atomic mass is 10.1. The van der Waals surface area contributed by atoms with Crippen molar-refractivity contribution in [2.45, 2.75) is 24.5 Å². The molecular formula is C10H11FN2O7. The number of halogens is 1. The molecule has 10 heteroatoms. The number of aldehydes is 1. The van der Waals surface area contributed by atoms with Crippen LogP contribution < -0.4 is 11.2 Å². The first kappa shape index (κ1) is 14.5. The molecule has 1 aromatic heterocycles. The molecule has 0 spiro atoms. The van der Waals surface area contributed by atoms with Crippen LogP contribution in [0, 0.1) is 5.82 Å². The number of hydrogen-bond donors (Lipinski definition) is 4. The summed E-state index contributed by atoms with van der Waals surface area (Å²) < 4.78 is 18.9. The Hall–Kier alpha value is -1.88. The third-order valence-corrected chi connectivity index (χ3v) is 3.01. The third-order valence-electron chi connectivity index (χ3n) is 3.01. The molecule has 9 nitrogen and oxygen atoms in total. The summed E-state index contributed by atoms with van der Waals surface area (Å²) in [6.07, 6.45) is -6.13. The summed E-state index contributed by atoms with van der Waals surface area (Å²) >= 11 is 0. The second kappa shape index (κ2) is 5.25. The van der Waals surface area contributed by atoms with Gasteiger partial charge in [-0.2, -0.15) is 4.39 Å². The molecule has 0 aliphatic carbocycles. The van der Waals surface area contributed by atoms with Crippen molar-refractivity contribution in [3.63, 3.8) is 0 Å². The Morgan fingerprint density at radius 1 is 1.35 bits per heavy atom. The van der Waals surface area contributed by atoms with Gasteiger partial charge in [0, 0.05) is 0 Å². The molecule has 0 aromatic carbocycles. The number of aliphatic hydroxyl groups is 3. The van der Waals surface area contributed by atoms with Gasteiger partial charge in [0.05, 0.1) is 6.61 Å². The first-order chi connectivity index (χ1) is 9.42. The summed E-state index contributed by atoms with van der Waals surface area (Å²) in [6, 6.07) is 0. The lowest BCUT2D eigenvalue weighted by Crippen LogP contribution is -2.41. The molecule has 2 unspecified atom stereocenters. The number of carbonyl (C=O) groups excluding carboxylic acids is 1. The second-order valence-corrected chi connectivity index (χ2v) is 4.18. The summed E-state index contributed by atoms with van der Waals surface area (Å²) in [5.74, 6) is -1.52. The highest BCUT2D eigenvalue weighted by molar-refractivity contribution is 5.72. The fourth-order valence-electron chi connectivity index (χ4n) is 2.00. The number of nitrogens with one attached hydrogen (secondary N) is 1. The van der Waals surface area contributed by atoms with Gasteiger partial charge in [0.15, 0.2) is 12.5 Å². The summed E-state index contributed by atoms with van der Waals surface area (Å²) in [6.45, 7) is -0.661. The number of hydrogen-bond acceptors (Lipinski definition) is 7. The Labute approximate surface area is 109 Å². The zero-order chi connectivity index (χ0) is 15.0. The maximum atomic E-state index is 13.5. The molecule has 2 rings (SSSR count). The molecule has 0 radical (unpaired) electrons. The average molecular weight is 290 g/mol. The van der Waals surface area contributed by atoms with E-state index in [1.54, 1.807) is 4.98 Å². The van der Waals surface area contributed by atoms with E-state index in [0.29, 0.717) is 4.57 Å². The fourth-order valence-corrected chi connectivity index (χ4v) is 2.00. The van der Waals surface area contributed by atoms with Crippen LogP contribution in [-0.2, 0) is 4.74 Å². The molecular weight excluding hydrogens is 279 g/mol. The number of ether oxygens (including phenoxy) is 1. The van der Waals surface area contributed by atoms with Crippen LogP contribution in [0.4, 0.5) is 4.39 Å². The van der Waals surface area contributed by atoms with E-state index >= 15 is 0 Å². The van der Waals surface area contributed by atoms with E-state index in [4.69, 9.17) is 9.84 Å². The van der Waals surface area contributed by atoms with Gasteiger partial charge in [-0.15, -0.1) is 0 Å². The van der Waals surface area contributed by atoms with Crippen LogP contribution in [0.25, 0.3) is 0 Å². The normalized spacial score (nSPS) is 29.6. The number of rotatable bonds is 3. The number of carbonyl (C=O) groups is 1. The second-order valence-electron chi connectivity index (χ2n) is 4.18. The van der Waals surface area contributed by atoms with Gasteiger partial charge >= 0.3 is 5.69 Å². The van der Waals surface area contributed by atoms with E-state index in [0.717, 1.165) is 0 Å². The Kier molecular flexibility index (Phi) is 3.81. The lowest BCUT2D eigenvalue weighted by molar-refractivity contribution is -0.0560. The topological polar surface area (TPSA) is 142 Å². The van der Waals surface area contributed by atoms with Crippen LogP contribution in [0.3, 0.4) is 0 Å². The van der Waals surface area contributed by atoms with E-state index in [9.17, 15) is 29.0 Å². The van der Waals surface area contributed by atoms with Gasteiger partial charge in [0.2, 0.25) is 5.82 Å². The predicted octanol–water partition coefficient (Wildman–Crippen LogP) is -2.90. The van der Waals surface area contributed by atoms with Crippen molar-refractivity contribution in [1.29, 1.82) is 0 Å². The van der Waals surface area contributed by atoms with Crippen LogP contribution in [-0.4, -0.2) is 56.1 Å². The minimum absolute atomic E-state index is 0.0826. The molecule has 2 heterocycles. The average Bonchev–Trinajstić information content (AvgIpc) is 2.70. The molecule has 4 atom stereocenters. The summed E-state index contributed by atoms with van der Waals surface area (Å²) in [7, 11) is 0. The molecule has 1 aliphatic heterocycles. The molecule has 0 saturated carbocycles. The predicted molar refractivity (Wildman–Crippen MR) is 59.7 cm³/mol. The van der Waals surface area contributed by atoms with Crippen LogP contribution in [0.2, 0.25) is 0 Å². The summed E-state index contributed by atoms with van der Waals surface area (Å²) in [5, 5.41) is 28.2. The van der Waals surface area contributed by atoms with Gasteiger partial charge in [-0.05, 0) is 0 Å². The molecule has 1 aromatic rings. The maximum absolute atomic E-state index is 13.5. The highest BCUT2D eigenvalue weighted by atomic mass is 19.1. The molecule has 1 aliphatic rings. The Morgan fingerprint density at radius 3 is 2.50 bits per heavy atom. The standard InChI is InChI=1S/C10H11FN2O7/c11-5-3(1-14)13(10(19)12-8(5)18)9-7(17)6(16)4(2-15)20-9/h1,4,6-7,9,15-17H,2H2,(H,12,18,19)/t4-,6?,7?,9-/m0/s1. The Balaban J connectivity index is 2.59. The first-order valence-corrected chi connectivity index (χ1v) is 5.54. The van der Waals surface area contributed by atoms with E-state index in [2.05, 4.69) is 0 Å². The lowest BCUT2D eigenvalue weighted by Gasteiger charge is -2.19. The van der Waals surface area contributed by atoms with Crippen molar-refractivity contribution in [2.75, 3.05) is 6.61 Å². The quantitative estimate of drug-likeness (QED) is 0.437. The van der Waals surface area contributed by atoms with Gasteiger partial charge in [-0.1, -0.05) is 0 Å². The van der Waals surface area contributed by atoms with Gasteiger partial charge < -0.3 is 20.1 Å². The molecule has 1 saturated heterocycles. The van der Waals surface area contributed by atoms with Crippen molar-refractivity contribution < 1.29 is 29.2 Å². The van der Waals surface area contributed by atoms with Gasteiger partial charge in [0.1, 0.15) is 24.0 Å². The minimum atomic E-state index is -1.69. The van der Waals surface area contributed by atoms with E-state index in [-0.39, 0.29) is 6.29 Å². The number of H-pyrrole nitrogens is 1. The molecule has 110 valence electrons. The summed E-state index contributed by atoms with van der Waals surface area (Å²) in [5.41, 5.74) is -3.50. The maximum Gasteiger partial charge on any atom is 0.331 e. The molecule has 0 amide bonds. The number of aliphatic hydroxyl groups excluding tert-OH is 3. The zero-order valence-electron chi connectivity index (χ0n) is 9.89. The van der Waals surface area contributed by atoms with Crippen molar-refractivity contribution in [2.24, 2.45) is 0 Å². The third kappa shape index (κ3) is 2.08. The van der Waals surface area contributed by atoms with Crippen LogP contribution in [0.15, 0.2) is 9.59 Å². The zero-order valence-corrected chi connectivity index (χ0v) is 9.89. The monoisotopic (exact) mass is 290 g/mol. The summed E-state index contributed by atoms with van der Waals surface area (Å²) in [4.78, 5) is 35.2. The molecule has 1 fully saturated rings.